The molecule has 0 aliphatic carbocycles. The second kappa shape index (κ2) is 4.28. The second-order valence-corrected chi connectivity index (χ2v) is 3.32. The number of carbonyl (C=O) groups is 1. The fraction of sp³-hybridized carbons (Fsp3) is 0.300. The minimum atomic E-state index is -0.989. The van der Waals surface area contributed by atoms with Gasteiger partial charge in [0.15, 0.2) is 5.65 Å². The first-order chi connectivity index (χ1) is 7.68. The molecule has 2 rings (SSSR count). The van der Waals surface area contributed by atoms with Gasteiger partial charge in [-0.2, -0.15) is 0 Å². The van der Waals surface area contributed by atoms with Crippen LogP contribution in [-0.4, -0.2) is 32.2 Å². The second-order valence-electron chi connectivity index (χ2n) is 3.32. The molecular weight excluding hydrogens is 210 g/mol. The monoisotopic (exact) mass is 221 g/mol. The first-order valence-electron chi connectivity index (χ1n) is 4.74. The number of imidazole rings is 1. The quantitative estimate of drug-likeness (QED) is 0.816. The van der Waals surface area contributed by atoms with E-state index in [2.05, 4.69) is 9.97 Å². The van der Waals surface area contributed by atoms with E-state index < -0.39 is 5.97 Å². The van der Waals surface area contributed by atoms with Crippen molar-refractivity contribution in [3.63, 3.8) is 0 Å². The van der Waals surface area contributed by atoms with Gasteiger partial charge in [-0.25, -0.2) is 14.8 Å². The van der Waals surface area contributed by atoms with Crippen molar-refractivity contribution in [3.05, 3.63) is 24.2 Å². The van der Waals surface area contributed by atoms with E-state index in [0.29, 0.717) is 5.82 Å². The maximum absolute atomic E-state index is 10.3. The Labute approximate surface area is 91.5 Å². The molecule has 0 spiro atoms. The molecule has 0 saturated carbocycles. The van der Waals surface area contributed by atoms with Crippen LogP contribution in [0.2, 0.25) is 0 Å². The lowest BCUT2D eigenvalue weighted by Gasteiger charge is -2.01. The van der Waals surface area contributed by atoms with Gasteiger partial charge in [-0.3, -0.25) is 0 Å². The highest BCUT2D eigenvalue weighted by molar-refractivity contribution is 5.71. The molecule has 0 amide bonds. The minimum absolute atomic E-state index is 0.166. The van der Waals surface area contributed by atoms with Crippen molar-refractivity contribution in [2.45, 2.75) is 6.61 Å². The van der Waals surface area contributed by atoms with Gasteiger partial charge in [-0.05, 0) is 12.1 Å². The van der Waals surface area contributed by atoms with Crippen molar-refractivity contribution in [3.8, 4) is 0 Å². The molecule has 0 saturated heterocycles. The third-order valence-corrected chi connectivity index (χ3v) is 2.18. The lowest BCUT2D eigenvalue weighted by molar-refractivity contribution is -0.142. The zero-order valence-corrected chi connectivity index (χ0v) is 8.75. The molecule has 0 bridgehead atoms. The SMILES string of the molecule is Cn1c(COCC(=O)O)nc2cccnc21. The summed E-state index contributed by atoms with van der Waals surface area (Å²) in [6.45, 7) is -0.157. The summed E-state index contributed by atoms with van der Waals surface area (Å²) in [6.07, 6.45) is 1.69. The van der Waals surface area contributed by atoms with E-state index in [4.69, 9.17) is 9.84 Å². The minimum Gasteiger partial charge on any atom is -0.480 e. The Kier molecular flexibility index (Phi) is 2.82. The number of fused-ring (bicyclic) bond motifs is 1. The zero-order chi connectivity index (χ0) is 11.5. The standard InChI is InChI=1S/C10H11N3O3/c1-13-8(5-16-6-9(14)15)12-7-3-2-4-11-10(7)13/h2-4H,5-6H2,1H3,(H,14,15). The third-order valence-electron chi connectivity index (χ3n) is 2.18. The fourth-order valence-corrected chi connectivity index (χ4v) is 1.43. The van der Waals surface area contributed by atoms with E-state index in [1.165, 1.54) is 0 Å². The number of pyridine rings is 1. The first kappa shape index (κ1) is 10.6. The van der Waals surface area contributed by atoms with E-state index in [-0.39, 0.29) is 13.2 Å². The maximum Gasteiger partial charge on any atom is 0.329 e. The van der Waals surface area contributed by atoms with Gasteiger partial charge >= 0.3 is 5.97 Å². The van der Waals surface area contributed by atoms with E-state index >= 15 is 0 Å². The first-order valence-corrected chi connectivity index (χ1v) is 4.74. The molecule has 0 fully saturated rings. The number of aliphatic carboxylic acids is 1. The highest BCUT2D eigenvalue weighted by Crippen LogP contribution is 2.11. The number of hydrogen-bond donors (Lipinski definition) is 1. The van der Waals surface area contributed by atoms with Crippen molar-refractivity contribution in [1.82, 2.24) is 14.5 Å². The normalized spacial score (nSPS) is 10.8. The number of rotatable bonds is 4. The Morgan fingerprint density at radius 2 is 2.44 bits per heavy atom. The molecule has 6 heteroatoms. The largest absolute Gasteiger partial charge is 0.480 e. The van der Waals surface area contributed by atoms with Gasteiger partial charge in [0.05, 0.1) is 0 Å². The molecule has 0 atom stereocenters. The van der Waals surface area contributed by atoms with Gasteiger partial charge in [-0.15, -0.1) is 0 Å². The smallest absolute Gasteiger partial charge is 0.329 e. The summed E-state index contributed by atoms with van der Waals surface area (Å²) in [5.41, 5.74) is 1.54. The molecule has 0 aliphatic rings. The van der Waals surface area contributed by atoms with E-state index in [0.717, 1.165) is 11.2 Å². The Hall–Kier alpha value is -1.95. The summed E-state index contributed by atoms with van der Waals surface area (Å²) in [5, 5.41) is 8.44. The molecule has 84 valence electrons. The van der Waals surface area contributed by atoms with Crippen LogP contribution in [-0.2, 0) is 23.2 Å². The number of carboxylic acid groups (broad SMARTS) is 1. The van der Waals surface area contributed by atoms with Gasteiger partial charge in [-0.1, -0.05) is 0 Å². The van der Waals surface area contributed by atoms with Gasteiger partial charge in [0.1, 0.15) is 24.6 Å². The number of aromatic nitrogens is 3. The van der Waals surface area contributed by atoms with E-state index in [9.17, 15) is 4.79 Å². The van der Waals surface area contributed by atoms with Crippen LogP contribution >= 0.6 is 0 Å². The van der Waals surface area contributed by atoms with Crippen LogP contribution in [0, 0.1) is 0 Å². The Balaban J connectivity index is 2.18. The number of carboxylic acids is 1. The summed E-state index contributed by atoms with van der Waals surface area (Å²) >= 11 is 0. The summed E-state index contributed by atoms with van der Waals surface area (Å²) in [5.74, 6) is -0.327. The van der Waals surface area contributed by atoms with Crippen LogP contribution in [0.15, 0.2) is 18.3 Å². The highest BCUT2D eigenvalue weighted by Gasteiger charge is 2.08. The molecule has 1 N–H and O–H groups in total. The van der Waals surface area contributed by atoms with Crippen LogP contribution in [0.1, 0.15) is 5.82 Å². The Morgan fingerprint density at radius 1 is 1.62 bits per heavy atom. The topological polar surface area (TPSA) is 77.2 Å². The lowest BCUT2D eigenvalue weighted by atomic mass is 10.4. The average molecular weight is 221 g/mol. The van der Waals surface area contributed by atoms with Crippen LogP contribution in [0.5, 0.6) is 0 Å². The maximum atomic E-state index is 10.3. The average Bonchev–Trinajstić information content (AvgIpc) is 2.56. The highest BCUT2D eigenvalue weighted by atomic mass is 16.5. The molecule has 2 aromatic rings. The molecule has 2 aromatic heterocycles. The molecule has 0 unspecified atom stereocenters. The molecule has 0 aromatic carbocycles. The molecule has 16 heavy (non-hydrogen) atoms. The summed E-state index contributed by atoms with van der Waals surface area (Å²) < 4.78 is 6.77. The summed E-state index contributed by atoms with van der Waals surface area (Å²) in [4.78, 5) is 18.7. The Morgan fingerprint density at radius 3 is 3.12 bits per heavy atom. The predicted molar refractivity (Wildman–Crippen MR) is 55.8 cm³/mol. The molecule has 6 nitrogen and oxygen atoms in total. The van der Waals surface area contributed by atoms with Gasteiger partial charge in [0.2, 0.25) is 0 Å². The van der Waals surface area contributed by atoms with Crippen molar-refractivity contribution in [2.75, 3.05) is 6.61 Å². The molecule has 0 radical (unpaired) electrons. The van der Waals surface area contributed by atoms with Crippen LogP contribution in [0.4, 0.5) is 0 Å². The molecular formula is C10H11N3O3. The summed E-state index contributed by atoms with van der Waals surface area (Å²) in [6, 6.07) is 3.65. The Bertz CT molecular complexity index is 521. The van der Waals surface area contributed by atoms with Crippen molar-refractivity contribution >= 4 is 17.1 Å². The van der Waals surface area contributed by atoms with Gasteiger partial charge in [0, 0.05) is 13.2 Å². The summed E-state index contributed by atoms with van der Waals surface area (Å²) in [7, 11) is 1.82. The number of nitrogens with zero attached hydrogens (tertiary/aromatic N) is 3. The molecule has 0 aliphatic heterocycles. The fourth-order valence-electron chi connectivity index (χ4n) is 1.43. The van der Waals surface area contributed by atoms with Crippen molar-refractivity contribution in [2.24, 2.45) is 7.05 Å². The van der Waals surface area contributed by atoms with E-state index in [1.54, 1.807) is 16.8 Å². The van der Waals surface area contributed by atoms with Crippen molar-refractivity contribution < 1.29 is 14.6 Å². The van der Waals surface area contributed by atoms with E-state index in [1.807, 2.05) is 13.1 Å². The van der Waals surface area contributed by atoms with Crippen LogP contribution < -0.4 is 0 Å². The van der Waals surface area contributed by atoms with Crippen molar-refractivity contribution in [1.29, 1.82) is 0 Å². The third kappa shape index (κ3) is 2.01. The van der Waals surface area contributed by atoms with Gasteiger partial charge < -0.3 is 14.4 Å². The van der Waals surface area contributed by atoms with Gasteiger partial charge in [0.25, 0.3) is 0 Å². The van der Waals surface area contributed by atoms with Crippen LogP contribution in [0.3, 0.4) is 0 Å². The lowest BCUT2D eigenvalue weighted by Crippen LogP contribution is -2.09. The number of aryl methyl sites for hydroxylation is 1. The predicted octanol–water partition coefficient (Wildman–Crippen LogP) is 0.569. The number of hydrogen-bond acceptors (Lipinski definition) is 4. The molecule has 2 heterocycles. The van der Waals surface area contributed by atoms with Crippen LogP contribution in [0.25, 0.3) is 11.2 Å². The zero-order valence-electron chi connectivity index (χ0n) is 8.75. The number of ether oxygens (including phenoxy) is 1.